The van der Waals surface area contributed by atoms with E-state index in [0.29, 0.717) is 11.5 Å². The van der Waals surface area contributed by atoms with E-state index in [1.165, 1.54) is 11.1 Å². The Hall–Kier alpha value is -2.00. The van der Waals surface area contributed by atoms with Gasteiger partial charge < -0.3 is 10.2 Å². The molecule has 2 N–H and O–H groups in total. The third kappa shape index (κ3) is 8.76. The first-order valence-corrected chi connectivity index (χ1v) is 15.0. The zero-order chi connectivity index (χ0) is 30.3. The van der Waals surface area contributed by atoms with E-state index in [4.69, 9.17) is 9.98 Å². The largest absolute Gasteiger partial charge is 0.507 e. The summed E-state index contributed by atoms with van der Waals surface area (Å²) >= 11 is 0. The van der Waals surface area contributed by atoms with Gasteiger partial charge in [0.05, 0.1) is 12.1 Å². The van der Waals surface area contributed by atoms with Crippen molar-refractivity contribution < 1.29 is 29.7 Å². The van der Waals surface area contributed by atoms with Gasteiger partial charge in [0, 0.05) is 54.2 Å². The smallest absolute Gasteiger partial charge is 0.128 e. The Morgan fingerprint density at radius 3 is 1.15 bits per heavy atom. The molecule has 222 valence electrons. The maximum atomic E-state index is 11.2. The fourth-order valence-electron chi connectivity index (χ4n) is 5.31. The fraction of sp³-hybridized carbons (Fsp3) is 0.611. The summed E-state index contributed by atoms with van der Waals surface area (Å²) in [6.45, 7) is 26.0. The molecule has 1 saturated carbocycles. The van der Waals surface area contributed by atoms with Crippen LogP contribution in [0.3, 0.4) is 0 Å². The van der Waals surface area contributed by atoms with E-state index in [2.05, 4.69) is 107 Å². The summed E-state index contributed by atoms with van der Waals surface area (Å²) < 4.78 is 0. The maximum absolute atomic E-state index is 11.2. The molecule has 5 heteroatoms. The Morgan fingerprint density at radius 2 is 0.878 bits per heavy atom. The van der Waals surface area contributed by atoms with Crippen molar-refractivity contribution in [1.82, 2.24) is 0 Å². The number of aromatic hydroxyl groups is 2. The molecule has 3 rings (SSSR count). The second kappa shape index (κ2) is 12.7. The second-order valence-corrected chi connectivity index (χ2v) is 15.9. The van der Waals surface area contributed by atoms with Gasteiger partial charge in [-0.05, 0) is 57.8 Å². The summed E-state index contributed by atoms with van der Waals surface area (Å²) in [5.41, 5.74) is 5.39. The van der Waals surface area contributed by atoms with Gasteiger partial charge in [0.15, 0.2) is 0 Å². The zero-order valence-electron chi connectivity index (χ0n) is 27.9. The minimum absolute atomic E-state index is 0. The van der Waals surface area contributed by atoms with Crippen molar-refractivity contribution in [2.24, 2.45) is 9.98 Å². The van der Waals surface area contributed by atoms with Crippen LogP contribution in [0.25, 0.3) is 0 Å². The quantitative estimate of drug-likeness (QED) is 0.267. The molecule has 0 saturated heterocycles. The molecule has 4 nitrogen and oxygen atoms in total. The van der Waals surface area contributed by atoms with Crippen molar-refractivity contribution in [3.8, 4) is 11.5 Å². The standard InChI is InChI=1S/C36H54N2O2.Zn/c1-33(2,3)25-17-23(31(39)27(19-25)35(7,8)9)21-37-29-15-13-14-16-30(29)38-22-24-18-26(34(4,5)6)20-28(32(24)40)36(10,11)12;/h17-22,29-30,39-40H,13-16H2,1-12H3;/t29-,30-;/m0./s1. The Balaban J connectivity index is 0.00000588. The minimum Gasteiger partial charge on any atom is -0.507 e. The van der Waals surface area contributed by atoms with Gasteiger partial charge in [-0.25, -0.2) is 0 Å². The molecular weight excluding hydrogens is 558 g/mol. The molecule has 1 aliphatic carbocycles. The van der Waals surface area contributed by atoms with Crippen LogP contribution in [0, 0.1) is 0 Å². The van der Waals surface area contributed by atoms with Crippen LogP contribution in [-0.2, 0) is 41.1 Å². The molecule has 0 bridgehead atoms. The van der Waals surface area contributed by atoms with Crippen LogP contribution in [0.5, 0.6) is 11.5 Å². The summed E-state index contributed by atoms with van der Waals surface area (Å²) in [7, 11) is 0. The summed E-state index contributed by atoms with van der Waals surface area (Å²) in [6.07, 6.45) is 7.90. The summed E-state index contributed by atoms with van der Waals surface area (Å²) in [4.78, 5) is 10.1. The average molecular weight is 612 g/mol. The number of benzene rings is 2. The van der Waals surface area contributed by atoms with Crippen molar-refractivity contribution in [2.75, 3.05) is 0 Å². The molecule has 0 unspecified atom stereocenters. The van der Waals surface area contributed by atoms with Gasteiger partial charge in [0.2, 0.25) is 0 Å². The van der Waals surface area contributed by atoms with E-state index in [0.717, 1.165) is 47.9 Å². The summed E-state index contributed by atoms with van der Waals surface area (Å²) in [5, 5.41) is 22.5. The predicted molar refractivity (Wildman–Crippen MR) is 172 cm³/mol. The molecule has 1 aliphatic rings. The topological polar surface area (TPSA) is 65.2 Å². The normalized spacial score (nSPS) is 19.1. The number of nitrogens with zero attached hydrogens (tertiary/aromatic N) is 2. The van der Waals surface area contributed by atoms with Gasteiger partial charge in [0.25, 0.3) is 0 Å². The van der Waals surface area contributed by atoms with Crippen molar-refractivity contribution in [1.29, 1.82) is 0 Å². The van der Waals surface area contributed by atoms with Crippen molar-refractivity contribution >= 4 is 12.4 Å². The van der Waals surface area contributed by atoms with Crippen LogP contribution in [0.2, 0.25) is 0 Å². The number of aliphatic imine (C=N–C) groups is 2. The van der Waals surface area contributed by atoms with Gasteiger partial charge in [-0.1, -0.05) is 108 Å². The van der Waals surface area contributed by atoms with E-state index in [-0.39, 0.29) is 53.2 Å². The molecular formula is C36H54N2O2Zn. The third-order valence-electron chi connectivity index (χ3n) is 8.13. The van der Waals surface area contributed by atoms with Crippen LogP contribution < -0.4 is 0 Å². The van der Waals surface area contributed by atoms with Gasteiger partial charge in [-0.2, -0.15) is 0 Å². The maximum Gasteiger partial charge on any atom is 0.128 e. The van der Waals surface area contributed by atoms with Gasteiger partial charge in [0.1, 0.15) is 11.5 Å². The molecule has 41 heavy (non-hydrogen) atoms. The molecule has 2 aromatic carbocycles. The van der Waals surface area contributed by atoms with Crippen LogP contribution in [0.4, 0.5) is 0 Å². The first kappa shape index (κ1) is 35.2. The summed E-state index contributed by atoms with van der Waals surface area (Å²) in [5.74, 6) is 0.637. The Morgan fingerprint density at radius 1 is 0.561 bits per heavy atom. The number of phenolic OH excluding ortho intramolecular Hbond substituents is 2. The van der Waals surface area contributed by atoms with Crippen LogP contribution in [0.15, 0.2) is 34.3 Å². The molecule has 1 fully saturated rings. The number of phenols is 2. The van der Waals surface area contributed by atoms with Crippen LogP contribution >= 0.6 is 0 Å². The van der Waals surface area contributed by atoms with E-state index in [9.17, 15) is 10.2 Å². The Bertz CT molecular complexity index is 1170. The molecule has 0 spiro atoms. The minimum atomic E-state index is -0.179. The monoisotopic (exact) mass is 610 g/mol. The molecule has 2 atom stereocenters. The van der Waals surface area contributed by atoms with Crippen molar-refractivity contribution in [2.45, 2.75) is 143 Å². The van der Waals surface area contributed by atoms with Gasteiger partial charge in [-0.15, -0.1) is 0 Å². The zero-order valence-corrected chi connectivity index (χ0v) is 30.9. The van der Waals surface area contributed by atoms with E-state index in [1.807, 2.05) is 12.4 Å². The molecule has 0 heterocycles. The Kier molecular flexibility index (Phi) is 10.9. The van der Waals surface area contributed by atoms with Crippen LogP contribution in [0.1, 0.15) is 142 Å². The van der Waals surface area contributed by atoms with Crippen molar-refractivity contribution in [3.63, 3.8) is 0 Å². The number of hydrogen-bond acceptors (Lipinski definition) is 4. The third-order valence-corrected chi connectivity index (χ3v) is 8.13. The SMILES string of the molecule is CC(C)(C)c1cc(C=N[C@H]2CCCC[C@@H]2N=Cc2cc(C(C)(C)C)cc(C(C)(C)C)c2O)c(O)c(C(C)(C)C)c1.[Zn]. The second-order valence-electron chi connectivity index (χ2n) is 15.9. The van der Waals surface area contributed by atoms with Gasteiger partial charge >= 0.3 is 0 Å². The van der Waals surface area contributed by atoms with Gasteiger partial charge in [-0.3, -0.25) is 9.98 Å². The average Bonchev–Trinajstić information content (AvgIpc) is 2.80. The number of hydrogen-bond donors (Lipinski definition) is 2. The molecule has 0 aromatic heterocycles. The predicted octanol–water partition coefficient (Wildman–Crippen LogP) is 9.13. The Labute approximate surface area is 263 Å². The fourth-order valence-corrected chi connectivity index (χ4v) is 5.31. The first-order valence-electron chi connectivity index (χ1n) is 15.0. The first-order chi connectivity index (χ1) is 18.2. The van der Waals surface area contributed by atoms with Crippen molar-refractivity contribution in [3.05, 3.63) is 57.6 Å². The van der Waals surface area contributed by atoms with E-state index < -0.39 is 0 Å². The summed E-state index contributed by atoms with van der Waals surface area (Å²) in [6, 6.07) is 8.53. The molecule has 0 radical (unpaired) electrons. The molecule has 0 amide bonds. The van der Waals surface area contributed by atoms with Crippen LogP contribution in [-0.4, -0.2) is 34.7 Å². The van der Waals surface area contributed by atoms with E-state index >= 15 is 0 Å². The number of rotatable bonds is 4. The van der Waals surface area contributed by atoms with E-state index in [1.54, 1.807) is 0 Å². The molecule has 2 aromatic rings. The molecule has 0 aliphatic heterocycles.